The van der Waals surface area contributed by atoms with Gasteiger partial charge in [-0.05, 0) is 53.6 Å². The molecule has 0 fully saturated rings. The molecule has 0 aliphatic carbocycles. The normalized spacial score (nSPS) is 10.9. The third kappa shape index (κ3) is 4.67. The van der Waals surface area contributed by atoms with Gasteiger partial charge in [-0.1, -0.05) is 38.5 Å². The third-order valence-corrected chi connectivity index (χ3v) is 5.01. The predicted octanol–water partition coefficient (Wildman–Crippen LogP) is 5.22. The Morgan fingerprint density at radius 1 is 1.03 bits per heavy atom. The number of hydrogen-bond donors (Lipinski definition) is 1. The largest absolute Gasteiger partial charge is 0.495 e. The number of nitrogens with zero attached hydrogens (tertiary/aromatic N) is 1. The first-order valence-electron chi connectivity index (χ1n) is 10.2. The molecule has 0 unspecified atom stereocenters. The number of methoxy groups -OCH3 is 1. The van der Waals surface area contributed by atoms with Crippen LogP contribution in [0.3, 0.4) is 0 Å². The van der Waals surface area contributed by atoms with Gasteiger partial charge in [0.1, 0.15) is 5.75 Å². The summed E-state index contributed by atoms with van der Waals surface area (Å²) in [4.78, 5) is 24.8. The first-order valence-corrected chi connectivity index (χ1v) is 10.2. The SMILES string of the molecule is CCCCC(=O)Nc1ccc(-c2ccc3ccn(CCC)c(=O)c3c2)cc1OC. The van der Waals surface area contributed by atoms with Gasteiger partial charge in [-0.15, -0.1) is 0 Å². The Morgan fingerprint density at radius 2 is 1.79 bits per heavy atom. The lowest BCUT2D eigenvalue weighted by Gasteiger charge is -2.13. The maximum absolute atomic E-state index is 12.8. The highest BCUT2D eigenvalue weighted by atomic mass is 16.5. The van der Waals surface area contributed by atoms with E-state index in [0.717, 1.165) is 35.8 Å². The second-order valence-corrected chi connectivity index (χ2v) is 7.18. The minimum absolute atomic E-state index is 0.0138. The van der Waals surface area contributed by atoms with Crippen LogP contribution in [0, 0.1) is 0 Å². The quantitative estimate of drug-likeness (QED) is 0.572. The maximum Gasteiger partial charge on any atom is 0.258 e. The van der Waals surface area contributed by atoms with Crippen molar-refractivity contribution in [3.05, 3.63) is 59.0 Å². The summed E-state index contributed by atoms with van der Waals surface area (Å²) in [5.74, 6) is 0.587. The van der Waals surface area contributed by atoms with Crippen molar-refractivity contribution in [2.45, 2.75) is 46.1 Å². The second-order valence-electron chi connectivity index (χ2n) is 7.18. The molecule has 0 spiro atoms. The lowest BCUT2D eigenvalue weighted by Crippen LogP contribution is -2.19. The fourth-order valence-corrected chi connectivity index (χ4v) is 3.40. The van der Waals surface area contributed by atoms with Crippen molar-refractivity contribution >= 4 is 22.4 Å². The van der Waals surface area contributed by atoms with E-state index in [1.807, 2.05) is 48.7 Å². The molecular formula is C24H28N2O3. The number of carbonyl (C=O) groups is 1. The molecule has 0 atom stereocenters. The zero-order chi connectivity index (χ0) is 20.8. The molecule has 0 saturated heterocycles. The molecule has 1 amide bonds. The number of pyridine rings is 1. The van der Waals surface area contributed by atoms with E-state index in [-0.39, 0.29) is 11.5 Å². The Kier molecular flexibility index (Phi) is 6.70. The molecule has 0 aliphatic rings. The van der Waals surface area contributed by atoms with Crippen molar-refractivity contribution in [2.24, 2.45) is 0 Å². The molecule has 5 nitrogen and oxygen atoms in total. The van der Waals surface area contributed by atoms with Crippen LogP contribution < -0.4 is 15.6 Å². The molecule has 1 N–H and O–H groups in total. The molecule has 0 saturated carbocycles. The summed E-state index contributed by atoms with van der Waals surface area (Å²) >= 11 is 0. The molecule has 2 aromatic carbocycles. The van der Waals surface area contributed by atoms with Gasteiger partial charge in [0.25, 0.3) is 5.56 Å². The van der Waals surface area contributed by atoms with Crippen molar-refractivity contribution in [2.75, 3.05) is 12.4 Å². The van der Waals surface area contributed by atoms with Crippen LogP contribution >= 0.6 is 0 Å². The number of unbranched alkanes of at least 4 members (excludes halogenated alkanes) is 1. The molecule has 29 heavy (non-hydrogen) atoms. The fraction of sp³-hybridized carbons (Fsp3) is 0.333. The van der Waals surface area contributed by atoms with E-state index in [4.69, 9.17) is 4.74 Å². The van der Waals surface area contributed by atoms with Gasteiger partial charge in [-0.3, -0.25) is 9.59 Å². The molecule has 0 aliphatic heterocycles. The topological polar surface area (TPSA) is 60.3 Å². The van der Waals surface area contributed by atoms with E-state index in [9.17, 15) is 9.59 Å². The monoisotopic (exact) mass is 392 g/mol. The summed E-state index contributed by atoms with van der Waals surface area (Å²) in [7, 11) is 1.59. The number of benzene rings is 2. The Labute approximate surface area is 171 Å². The van der Waals surface area contributed by atoms with Gasteiger partial charge in [0, 0.05) is 24.5 Å². The number of ether oxygens (including phenoxy) is 1. The van der Waals surface area contributed by atoms with E-state index in [0.29, 0.717) is 29.8 Å². The van der Waals surface area contributed by atoms with Crippen LogP contribution in [0.25, 0.3) is 21.9 Å². The molecule has 3 rings (SSSR count). The van der Waals surface area contributed by atoms with Crippen molar-refractivity contribution in [3.63, 3.8) is 0 Å². The van der Waals surface area contributed by atoms with Crippen LogP contribution in [0.5, 0.6) is 5.75 Å². The number of carbonyl (C=O) groups excluding carboxylic acids is 1. The van der Waals surface area contributed by atoms with Crippen molar-refractivity contribution in [1.82, 2.24) is 4.57 Å². The van der Waals surface area contributed by atoms with E-state index in [1.165, 1.54) is 0 Å². The highest BCUT2D eigenvalue weighted by Crippen LogP contribution is 2.32. The van der Waals surface area contributed by atoms with Crippen molar-refractivity contribution < 1.29 is 9.53 Å². The van der Waals surface area contributed by atoms with E-state index >= 15 is 0 Å². The number of amides is 1. The van der Waals surface area contributed by atoms with Gasteiger partial charge < -0.3 is 14.6 Å². The predicted molar refractivity (Wildman–Crippen MR) is 119 cm³/mol. The van der Waals surface area contributed by atoms with Crippen LogP contribution in [-0.4, -0.2) is 17.6 Å². The summed E-state index contributed by atoms with van der Waals surface area (Å²) in [6, 6.07) is 13.6. The molecule has 1 aromatic heterocycles. The first kappa shape index (κ1) is 20.6. The fourth-order valence-electron chi connectivity index (χ4n) is 3.40. The number of aromatic nitrogens is 1. The van der Waals surface area contributed by atoms with E-state index < -0.39 is 0 Å². The number of fused-ring (bicyclic) bond motifs is 1. The second kappa shape index (κ2) is 9.41. The Balaban J connectivity index is 1.95. The van der Waals surface area contributed by atoms with Gasteiger partial charge in [0.15, 0.2) is 0 Å². The highest BCUT2D eigenvalue weighted by Gasteiger charge is 2.11. The molecule has 0 radical (unpaired) electrons. The average molecular weight is 392 g/mol. The van der Waals surface area contributed by atoms with Gasteiger partial charge >= 0.3 is 0 Å². The highest BCUT2D eigenvalue weighted by molar-refractivity contribution is 5.93. The smallest absolute Gasteiger partial charge is 0.258 e. The lowest BCUT2D eigenvalue weighted by atomic mass is 10.0. The van der Waals surface area contributed by atoms with Crippen molar-refractivity contribution in [1.29, 1.82) is 0 Å². The van der Waals surface area contributed by atoms with E-state index in [2.05, 4.69) is 19.2 Å². The standard InChI is InChI=1S/C24H28N2O3/c1-4-6-7-23(27)25-21-11-10-19(16-22(21)29-3)18-9-8-17-12-14-26(13-5-2)24(28)20(17)15-18/h8-12,14-16H,4-7,13H2,1-3H3,(H,25,27). The number of hydrogen-bond acceptors (Lipinski definition) is 3. The Bertz CT molecular complexity index is 1070. The van der Waals surface area contributed by atoms with E-state index in [1.54, 1.807) is 11.7 Å². The molecule has 3 aromatic rings. The lowest BCUT2D eigenvalue weighted by molar-refractivity contribution is -0.116. The minimum Gasteiger partial charge on any atom is -0.495 e. The summed E-state index contributed by atoms with van der Waals surface area (Å²) < 4.78 is 7.25. The Morgan fingerprint density at radius 3 is 2.52 bits per heavy atom. The van der Waals surface area contributed by atoms with Crippen LogP contribution in [-0.2, 0) is 11.3 Å². The minimum atomic E-state index is -0.0138. The molecular weight excluding hydrogens is 364 g/mol. The molecule has 152 valence electrons. The van der Waals surface area contributed by atoms with Gasteiger partial charge in [0.2, 0.25) is 5.91 Å². The third-order valence-electron chi connectivity index (χ3n) is 5.01. The summed E-state index contributed by atoms with van der Waals surface area (Å²) in [6.45, 7) is 4.82. The molecule has 1 heterocycles. The summed E-state index contributed by atoms with van der Waals surface area (Å²) in [5, 5.41) is 4.55. The number of nitrogens with one attached hydrogen (secondary N) is 1. The van der Waals surface area contributed by atoms with Crippen LogP contribution in [0.1, 0.15) is 39.5 Å². The van der Waals surface area contributed by atoms with Crippen LogP contribution in [0.15, 0.2) is 53.5 Å². The van der Waals surface area contributed by atoms with Gasteiger partial charge in [-0.2, -0.15) is 0 Å². The van der Waals surface area contributed by atoms with Gasteiger partial charge in [0.05, 0.1) is 12.8 Å². The van der Waals surface area contributed by atoms with Gasteiger partial charge in [-0.25, -0.2) is 0 Å². The number of rotatable bonds is 8. The zero-order valence-electron chi connectivity index (χ0n) is 17.3. The zero-order valence-corrected chi connectivity index (χ0v) is 17.3. The maximum atomic E-state index is 12.8. The summed E-state index contributed by atoms with van der Waals surface area (Å²) in [6.07, 6.45) is 5.10. The number of anilines is 1. The average Bonchev–Trinajstić information content (AvgIpc) is 2.74. The number of aryl methyl sites for hydroxylation is 1. The molecule has 0 bridgehead atoms. The van der Waals surface area contributed by atoms with Crippen LogP contribution in [0.4, 0.5) is 5.69 Å². The Hall–Kier alpha value is -3.08. The van der Waals surface area contributed by atoms with Crippen LogP contribution in [0.2, 0.25) is 0 Å². The summed E-state index contributed by atoms with van der Waals surface area (Å²) in [5.41, 5.74) is 2.55. The van der Waals surface area contributed by atoms with Crippen molar-refractivity contribution in [3.8, 4) is 16.9 Å². The molecule has 5 heteroatoms. The first-order chi connectivity index (χ1) is 14.1.